The molecule has 5 nitrogen and oxygen atoms in total. The summed E-state index contributed by atoms with van der Waals surface area (Å²) in [5.41, 5.74) is -0.0172. The number of hydrogen-bond acceptors (Lipinski definition) is 4. The van der Waals surface area contributed by atoms with Crippen LogP contribution in [0.15, 0.2) is 65.6 Å². The number of hydrogen-bond donors (Lipinski definition) is 1. The van der Waals surface area contributed by atoms with E-state index in [4.69, 9.17) is 34.8 Å². The molecule has 13 heteroatoms. The van der Waals surface area contributed by atoms with Gasteiger partial charge in [-0.15, -0.1) is 0 Å². The van der Waals surface area contributed by atoms with Crippen molar-refractivity contribution in [2.24, 2.45) is 0 Å². The fourth-order valence-corrected chi connectivity index (χ4v) is 6.56. The maximum Gasteiger partial charge on any atom is 0.417 e. The average molecular weight is 626 g/mol. The third kappa shape index (κ3) is 7.72. The lowest BCUT2D eigenvalue weighted by molar-refractivity contribution is -0.137. The van der Waals surface area contributed by atoms with E-state index in [1.54, 1.807) is 37.3 Å². The number of anilines is 1. The van der Waals surface area contributed by atoms with Crippen LogP contribution in [0.5, 0.6) is 0 Å². The van der Waals surface area contributed by atoms with Crippen LogP contribution in [0.2, 0.25) is 15.1 Å². The van der Waals surface area contributed by atoms with Crippen molar-refractivity contribution in [1.29, 1.82) is 0 Å². The van der Waals surface area contributed by atoms with Crippen molar-refractivity contribution in [3.05, 3.63) is 92.4 Å². The Balaban J connectivity index is 1.77. The van der Waals surface area contributed by atoms with Crippen LogP contribution in [0, 0.1) is 6.92 Å². The summed E-state index contributed by atoms with van der Waals surface area (Å²) in [6, 6.07) is 13.6. The number of benzene rings is 3. The Morgan fingerprint density at radius 1 is 0.974 bits per heavy atom. The lowest BCUT2D eigenvalue weighted by atomic mass is 10.2. The predicted molar refractivity (Wildman–Crippen MR) is 148 cm³/mol. The van der Waals surface area contributed by atoms with Crippen LogP contribution < -0.4 is 9.62 Å². The molecular weight excluding hydrogens is 604 g/mol. The number of halogens is 6. The first-order chi connectivity index (χ1) is 17.8. The highest BCUT2D eigenvalue weighted by atomic mass is 35.5. The smallest absolute Gasteiger partial charge is 0.354 e. The van der Waals surface area contributed by atoms with Crippen molar-refractivity contribution in [3.8, 4) is 0 Å². The molecule has 3 rings (SSSR count). The van der Waals surface area contributed by atoms with Crippen molar-refractivity contribution in [2.75, 3.05) is 23.1 Å². The van der Waals surface area contributed by atoms with Gasteiger partial charge in [-0.05, 0) is 55.0 Å². The van der Waals surface area contributed by atoms with E-state index in [1.807, 2.05) is 0 Å². The second-order valence-electron chi connectivity index (χ2n) is 8.09. The summed E-state index contributed by atoms with van der Waals surface area (Å²) in [5.74, 6) is 0.255. The molecule has 0 saturated carbocycles. The summed E-state index contributed by atoms with van der Waals surface area (Å²) in [6.45, 7) is 1.20. The van der Waals surface area contributed by atoms with Gasteiger partial charge < -0.3 is 5.32 Å². The fourth-order valence-electron chi connectivity index (χ4n) is 3.33. The van der Waals surface area contributed by atoms with Gasteiger partial charge in [0.1, 0.15) is 6.54 Å². The highest BCUT2D eigenvalue weighted by Crippen LogP contribution is 2.38. The minimum absolute atomic E-state index is 0.174. The van der Waals surface area contributed by atoms with Crippen LogP contribution in [0.3, 0.4) is 0 Å². The number of nitrogens with zero attached hydrogens (tertiary/aromatic N) is 1. The Hall–Kier alpha value is -2.11. The molecule has 204 valence electrons. The number of sulfonamides is 1. The standard InChI is InChI=1S/C25H22Cl3F3N2O3S2/c1-16-5-8-18(9-6-16)38(35,36)33(17-7-10-23(28)20(13-17)25(29,30)31)14-24(34)32-11-12-37-15-19-21(26)3-2-4-22(19)27/h2-10,13H,11-12,14-15H2,1H3,(H,32,34). The van der Waals surface area contributed by atoms with Crippen molar-refractivity contribution in [1.82, 2.24) is 5.32 Å². The monoisotopic (exact) mass is 624 g/mol. The first-order valence-corrected chi connectivity index (χ1v) is 14.8. The first-order valence-electron chi connectivity index (χ1n) is 11.0. The summed E-state index contributed by atoms with van der Waals surface area (Å²) in [5, 5.41) is 3.06. The summed E-state index contributed by atoms with van der Waals surface area (Å²) >= 11 is 19.5. The third-order valence-corrected chi connectivity index (χ3v) is 9.13. The Kier molecular flexibility index (Phi) is 10.3. The number of thioether (sulfide) groups is 1. The molecule has 0 saturated heterocycles. The molecule has 0 fully saturated rings. The maximum atomic E-state index is 13.5. The molecular formula is C25H22Cl3F3N2O3S2. The maximum absolute atomic E-state index is 13.5. The van der Waals surface area contributed by atoms with E-state index in [0.717, 1.165) is 23.3 Å². The molecule has 0 unspecified atom stereocenters. The molecule has 0 radical (unpaired) electrons. The molecule has 1 N–H and O–H groups in total. The SMILES string of the molecule is Cc1ccc(S(=O)(=O)N(CC(=O)NCCSCc2c(Cl)cccc2Cl)c2ccc(Cl)c(C(F)(F)F)c2)cc1. The minimum atomic E-state index is -4.82. The number of nitrogens with one attached hydrogen (secondary N) is 1. The number of amides is 1. The largest absolute Gasteiger partial charge is 0.417 e. The molecule has 3 aromatic carbocycles. The Morgan fingerprint density at radius 2 is 1.61 bits per heavy atom. The van der Waals surface area contributed by atoms with E-state index in [2.05, 4.69) is 5.32 Å². The minimum Gasteiger partial charge on any atom is -0.354 e. The number of carbonyl (C=O) groups excluding carboxylic acids is 1. The van der Waals surface area contributed by atoms with Crippen LogP contribution in [-0.2, 0) is 26.7 Å². The highest BCUT2D eigenvalue weighted by Gasteiger charge is 2.35. The molecule has 0 aliphatic carbocycles. The van der Waals surface area contributed by atoms with Gasteiger partial charge in [-0.3, -0.25) is 9.10 Å². The molecule has 0 spiro atoms. The summed E-state index contributed by atoms with van der Waals surface area (Å²) in [4.78, 5) is 12.6. The van der Waals surface area contributed by atoms with Gasteiger partial charge in [0.25, 0.3) is 10.0 Å². The van der Waals surface area contributed by atoms with Gasteiger partial charge in [0.2, 0.25) is 5.91 Å². The predicted octanol–water partition coefficient (Wildman–Crippen LogP) is 7.22. The van der Waals surface area contributed by atoms with Gasteiger partial charge >= 0.3 is 6.18 Å². The Labute approximate surface area is 238 Å². The fraction of sp³-hybridized carbons (Fsp3) is 0.240. The van der Waals surface area contributed by atoms with E-state index in [-0.39, 0.29) is 17.1 Å². The topological polar surface area (TPSA) is 66.5 Å². The lowest BCUT2D eigenvalue weighted by Gasteiger charge is -2.25. The van der Waals surface area contributed by atoms with Crippen molar-refractivity contribution < 1.29 is 26.4 Å². The molecule has 1 amide bonds. The highest BCUT2D eigenvalue weighted by molar-refractivity contribution is 7.98. The second-order valence-corrected chi connectivity index (χ2v) is 12.3. The third-order valence-electron chi connectivity index (χ3n) is 5.32. The van der Waals surface area contributed by atoms with Crippen LogP contribution in [-0.4, -0.2) is 33.2 Å². The second kappa shape index (κ2) is 12.8. The van der Waals surface area contributed by atoms with Gasteiger partial charge in [-0.25, -0.2) is 8.42 Å². The average Bonchev–Trinajstić information content (AvgIpc) is 2.84. The normalized spacial score (nSPS) is 11.9. The zero-order valence-electron chi connectivity index (χ0n) is 19.9. The molecule has 0 aromatic heterocycles. The van der Waals surface area contributed by atoms with E-state index in [0.29, 0.717) is 31.9 Å². The van der Waals surface area contributed by atoms with Crippen molar-refractivity contribution in [3.63, 3.8) is 0 Å². The number of aryl methyl sites for hydroxylation is 1. The zero-order chi connectivity index (χ0) is 28.1. The van der Waals surface area contributed by atoms with Gasteiger partial charge in [-0.2, -0.15) is 24.9 Å². The van der Waals surface area contributed by atoms with Gasteiger partial charge in [0.05, 0.1) is 21.2 Å². The molecule has 0 aliphatic rings. The molecule has 0 bridgehead atoms. The van der Waals surface area contributed by atoms with Crippen LogP contribution >= 0.6 is 46.6 Å². The van der Waals surface area contributed by atoms with Gasteiger partial charge in [0, 0.05) is 28.1 Å². The summed E-state index contributed by atoms with van der Waals surface area (Å²) in [7, 11) is -4.39. The molecule has 0 atom stereocenters. The molecule has 3 aromatic rings. The number of rotatable bonds is 10. The van der Waals surface area contributed by atoms with Crippen LogP contribution in [0.25, 0.3) is 0 Å². The first kappa shape index (κ1) is 30.4. The molecule has 0 aliphatic heterocycles. The van der Waals surface area contributed by atoms with Gasteiger partial charge in [0.15, 0.2) is 0 Å². The van der Waals surface area contributed by atoms with Gasteiger partial charge in [-0.1, -0.05) is 58.6 Å². The van der Waals surface area contributed by atoms with E-state index in [1.165, 1.54) is 23.9 Å². The van der Waals surface area contributed by atoms with E-state index < -0.39 is 39.2 Å². The Bertz CT molecular complexity index is 1380. The Morgan fingerprint density at radius 3 is 2.21 bits per heavy atom. The van der Waals surface area contributed by atoms with Crippen LogP contribution in [0.4, 0.5) is 18.9 Å². The van der Waals surface area contributed by atoms with Crippen molar-refractivity contribution in [2.45, 2.75) is 23.7 Å². The zero-order valence-corrected chi connectivity index (χ0v) is 23.8. The summed E-state index contributed by atoms with van der Waals surface area (Å²) in [6.07, 6.45) is -4.82. The summed E-state index contributed by atoms with van der Waals surface area (Å²) < 4.78 is 67.9. The van der Waals surface area contributed by atoms with Crippen LogP contribution in [0.1, 0.15) is 16.7 Å². The van der Waals surface area contributed by atoms with E-state index in [9.17, 15) is 26.4 Å². The number of carbonyl (C=O) groups is 1. The lowest BCUT2D eigenvalue weighted by Crippen LogP contribution is -2.41. The quantitative estimate of drug-likeness (QED) is 0.242. The van der Waals surface area contributed by atoms with E-state index >= 15 is 0 Å². The molecule has 38 heavy (non-hydrogen) atoms. The van der Waals surface area contributed by atoms with Crippen molar-refractivity contribution >= 4 is 68.2 Å². The number of alkyl halides is 3. The molecule has 0 heterocycles.